The first-order chi connectivity index (χ1) is 8.43. The van der Waals surface area contributed by atoms with Crippen LogP contribution in [0.25, 0.3) is 0 Å². The second-order valence-electron chi connectivity index (χ2n) is 4.84. The zero-order valence-electron chi connectivity index (χ0n) is 11.9. The number of carbonyl (C=O) groups is 1. The molecular formula is C15H23NO2. The predicted octanol–water partition coefficient (Wildman–Crippen LogP) is 2.59. The average Bonchev–Trinajstić information content (AvgIpc) is 2.36. The Morgan fingerprint density at radius 1 is 1.28 bits per heavy atom. The summed E-state index contributed by atoms with van der Waals surface area (Å²) in [5.74, 6) is -0.331. The lowest BCUT2D eigenvalue weighted by atomic mass is 10.0. The number of amides is 1. The zero-order valence-corrected chi connectivity index (χ0v) is 11.9. The summed E-state index contributed by atoms with van der Waals surface area (Å²) in [4.78, 5) is 13.9. The summed E-state index contributed by atoms with van der Waals surface area (Å²) in [6.07, 6.45) is 0.656. The molecule has 1 rings (SSSR count). The summed E-state index contributed by atoms with van der Waals surface area (Å²) in [6, 6.07) is 4.00. The minimum atomic E-state index is -0.309. The first-order valence-corrected chi connectivity index (χ1v) is 6.39. The first-order valence-electron chi connectivity index (χ1n) is 6.39. The van der Waals surface area contributed by atoms with Crippen LogP contribution in [0.1, 0.15) is 30.0 Å². The predicted molar refractivity (Wildman–Crippen MR) is 74.9 cm³/mol. The van der Waals surface area contributed by atoms with Gasteiger partial charge in [0.1, 0.15) is 0 Å². The second kappa shape index (κ2) is 6.01. The van der Waals surface area contributed by atoms with Crippen molar-refractivity contribution in [2.75, 3.05) is 18.6 Å². The Morgan fingerprint density at radius 2 is 1.89 bits per heavy atom. The molecule has 1 aromatic carbocycles. The highest BCUT2D eigenvalue weighted by Crippen LogP contribution is 2.25. The van der Waals surface area contributed by atoms with E-state index in [2.05, 4.69) is 13.8 Å². The maximum absolute atomic E-state index is 12.2. The van der Waals surface area contributed by atoms with Gasteiger partial charge in [-0.25, -0.2) is 0 Å². The Balaban J connectivity index is 3.08. The fourth-order valence-electron chi connectivity index (χ4n) is 2.08. The lowest BCUT2D eigenvalue weighted by molar-refractivity contribution is -0.123. The number of hydrogen-bond acceptors (Lipinski definition) is 2. The molecule has 3 heteroatoms. The lowest BCUT2D eigenvalue weighted by Crippen LogP contribution is -2.34. The molecule has 0 saturated heterocycles. The van der Waals surface area contributed by atoms with Crippen molar-refractivity contribution < 1.29 is 9.90 Å². The van der Waals surface area contributed by atoms with E-state index in [1.165, 1.54) is 11.1 Å². The van der Waals surface area contributed by atoms with Crippen LogP contribution in [0.2, 0.25) is 0 Å². The molecule has 1 unspecified atom stereocenters. The quantitative estimate of drug-likeness (QED) is 0.891. The van der Waals surface area contributed by atoms with E-state index in [4.69, 9.17) is 0 Å². The van der Waals surface area contributed by atoms with E-state index < -0.39 is 0 Å². The van der Waals surface area contributed by atoms with Gasteiger partial charge in [0, 0.05) is 12.7 Å². The first kappa shape index (κ1) is 14.7. The normalized spacial score (nSPS) is 12.3. The average molecular weight is 249 g/mol. The number of nitrogens with zero attached hydrogens (tertiary/aromatic N) is 1. The summed E-state index contributed by atoms with van der Waals surface area (Å²) < 4.78 is 0. The van der Waals surface area contributed by atoms with Crippen molar-refractivity contribution in [3.63, 3.8) is 0 Å². The molecule has 0 aliphatic carbocycles. The molecule has 0 aliphatic heterocycles. The number of aliphatic hydroxyl groups is 1. The maximum atomic E-state index is 12.2. The zero-order chi connectivity index (χ0) is 13.9. The molecule has 0 radical (unpaired) electrons. The number of benzene rings is 1. The number of hydrogen-bond donors (Lipinski definition) is 1. The largest absolute Gasteiger partial charge is 0.396 e. The van der Waals surface area contributed by atoms with Crippen molar-refractivity contribution in [1.29, 1.82) is 0 Å². The smallest absolute Gasteiger partial charge is 0.232 e. The number of rotatable bonds is 4. The number of anilines is 1. The van der Waals surface area contributed by atoms with E-state index in [1.54, 1.807) is 11.9 Å². The van der Waals surface area contributed by atoms with Gasteiger partial charge < -0.3 is 10.0 Å². The fraction of sp³-hybridized carbons (Fsp3) is 0.533. The third-order valence-electron chi connectivity index (χ3n) is 3.78. The van der Waals surface area contributed by atoms with Gasteiger partial charge in [-0.15, -0.1) is 0 Å². The Labute approximate surface area is 109 Å². The molecule has 0 aromatic heterocycles. The Kier molecular flexibility index (Phi) is 4.91. The van der Waals surface area contributed by atoms with Gasteiger partial charge in [-0.1, -0.05) is 13.0 Å². The van der Waals surface area contributed by atoms with Crippen LogP contribution in [0.5, 0.6) is 0 Å². The highest BCUT2D eigenvalue weighted by molar-refractivity contribution is 5.95. The molecule has 0 bridgehead atoms. The van der Waals surface area contributed by atoms with Gasteiger partial charge >= 0.3 is 0 Å². The van der Waals surface area contributed by atoms with Crippen LogP contribution in [0.15, 0.2) is 12.1 Å². The SMILES string of the molecule is CCC(CO)C(=O)N(C)c1ccc(C)c(C)c1C. The third-order valence-corrected chi connectivity index (χ3v) is 3.78. The van der Waals surface area contributed by atoms with Crippen molar-refractivity contribution in [2.45, 2.75) is 34.1 Å². The monoisotopic (exact) mass is 249 g/mol. The molecule has 1 N–H and O–H groups in total. The molecular weight excluding hydrogens is 226 g/mol. The van der Waals surface area contributed by atoms with E-state index >= 15 is 0 Å². The van der Waals surface area contributed by atoms with E-state index in [0.29, 0.717) is 6.42 Å². The van der Waals surface area contributed by atoms with Crippen molar-refractivity contribution in [3.8, 4) is 0 Å². The van der Waals surface area contributed by atoms with Crippen LogP contribution >= 0.6 is 0 Å². The number of aryl methyl sites for hydroxylation is 1. The van der Waals surface area contributed by atoms with E-state index in [-0.39, 0.29) is 18.4 Å². The van der Waals surface area contributed by atoms with Crippen LogP contribution in [0.4, 0.5) is 5.69 Å². The Bertz CT molecular complexity index is 436. The van der Waals surface area contributed by atoms with E-state index in [0.717, 1.165) is 11.3 Å². The molecule has 0 aliphatic rings. The van der Waals surface area contributed by atoms with Gasteiger partial charge in [-0.2, -0.15) is 0 Å². The van der Waals surface area contributed by atoms with Crippen molar-refractivity contribution in [1.82, 2.24) is 0 Å². The summed E-state index contributed by atoms with van der Waals surface area (Å²) in [5.41, 5.74) is 4.49. The Hall–Kier alpha value is -1.35. The highest BCUT2D eigenvalue weighted by atomic mass is 16.3. The van der Waals surface area contributed by atoms with Gasteiger partial charge in [-0.3, -0.25) is 4.79 Å². The molecule has 0 fully saturated rings. The molecule has 1 amide bonds. The molecule has 18 heavy (non-hydrogen) atoms. The van der Waals surface area contributed by atoms with Crippen LogP contribution in [0.3, 0.4) is 0 Å². The number of carbonyl (C=O) groups excluding carboxylic acids is 1. The second-order valence-corrected chi connectivity index (χ2v) is 4.84. The fourth-order valence-corrected chi connectivity index (χ4v) is 2.08. The molecule has 3 nitrogen and oxygen atoms in total. The standard InChI is InChI=1S/C15H23NO2/c1-6-13(9-17)15(18)16(5)14-8-7-10(2)11(3)12(14)4/h7-8,13,17H,6,9H2,1-5H3. The topological polar surface area (TPSA) is 40.5 Å². The lowest BCUT2D eigenvalue weighted by Gasteiger charge is -2.24. The van der Waals surface area contributed by atoms with Gasteiger partial charge in [0.25, 0.3) is 0 Å². The van der Waals surface area contributed by atoms with E-state index in [1.807, 2.05) is 26.0 Å². The minimum Gasteiger partial charge on any atom is -0.396 e. The third kappa shape index (κ3) is 2.72. The summed E-state index contributed by atoms with van der Waals surface area (Å²) in [5, 5.41) is 9.21. The Morgan fingerprint density at radius 3 is 2.39 bits per heavy atom. The molecule has 1 aromatic rings. The van der Waals surface area contributed by atoms with Gasteiger partial charge in [0.05, 0.1) is 12.5 Å². The van der Waals surface area contributed by atoms with Gasteiger partial charge in [0.15, 0.2) is 0 Å². The van der Waals surface area contributed by atoms with Crippen LogP contribution in [-0.4, -0.2) is 24.7 Å². The summed E-state index contributed by atoms with van der Waals surface area (Å²) >= 11 is 0. The molecule has 0 spiro atoms. The van der Waals surface area contributed by atoms with E-state index in [9.17, 15) is 9.90 Å². The van der Waals surface area contributed by atoms with Crippen LogP contribution in [-0.2, 0) is 4.79 Å². The summed E-state index contributed by atoms with van der Waals surface area (Å²) in [7, 11) is 1.78. The van der Waals surface area contributed by atoms with Gasteiger partial charge in [0.2, 0.25) is 5.91 Å². The molecule has 0 heterocycles. The van der Waals surface area contributed by atoms with Gasteiger partial charge in [-0.05, 0) is 49.9 Å². The molecule has 0 saturated carbocycles. The van der Waals surface area contributed by atoms with Crippen LogP contribution in [0, 0.1) is 26.7 Å². The summed E-state index contributed by atoms with van der Waals surface area (Å²) in [6.45, 7) is 7.98. The molecule has 1 atom stereocenters. The minimum absolute atomic E-state index is 0.0219. The van der Waals surface area contributed by atoms with Crippen molar-refractivity contribution in [3.05, 3.63) is 28.8 Å². The van der Waals surface area contributed by atoms with Crippen molar-refractivity contribution in [2.24, 2.45) is 5.92 Å². The molecule has 100 valence electrons. The number of aliphatic hydroxyl groups excluding tert-OH is 1. The van der Waals surface area contributed by atoms with Crippen LogP contribution < -0.4 is 4.90 Å². The maximum Gasteiger partial charge on any atom is 0.232 e. The highest BCUT2D eigenvalue weighted by Gasteiger charge is 2.22. The van der Waals surface area contributed by atoms with Crippen molar-refractivity contribution >= 4 is 11.6 Å².